The molecular formula is C30H29ClN4O4. The van der Waals surface area contributed by atoms with Gasteiger partial charge in [0.1, 0.15) is 0 Å². The summed E-state index contributed by atoms with van der Waals surface area (Å²) in [7, 11) is 2.05. The maximum absolute atomic E-state index is 13.0. The Labute approximate surface area is 231 Å². The van der Waals surface area contributed by atoms with Gasteiger partial charge in [0.05, 0.1) is 22.5 Å². The molecule has 0 atom stereocenters. The zero-order chi connectivity index (χ0) is 27.5. The molecular weight excluding hydrogens is 516 g/mol. The second-order valence-electron chi connectivity index (χ2n) is 9.73. The molecule has 4 aromatic rings. The first-order chi connectivity index (χ1) is 18.8. The first kappa shape index (κ1) is 26.5. The summed E-state index contributed by atoms with van der Waals surface area (Å²) in [6.07, 6.45) is 0.463. The molecule has 2 heterocycles. The van der Waals surface area contributed by atoms with Gasteiger partial charge in [-0.05, 0) is 55.4 Å². The van der Waals surface area contributed by atoms with Crippen molar-refractivity contribution in [1.82, 2.24) is 14.8 Å². The summed E-state index contributed by atoms with van der Waals surface area (Å²) in [4.78, 5) is 35.9. The van der Waals surface area contributed by atoms with E-state index >= 15 is 0 Å². The second kappa shape index (κ2) is 11.3. The van der Waals surface area contributed by atoms with Crippen LogP contribution in [0.1, 0.15) is 33.5 Å². The first-order valence-corrected chi connectivity index (χ1v) is 13.1. The average molecular weight is 545 g/mol. The summed E-state index contributed by atoms with van der Waals surface area (Å²) in [6.45, 7) is 3.11. The minimum absolute atomic E-state index is 0.00181. The van der Waals surface area contributed by atoms with E-state index in [2.05, 4.69) is 16.9 Å². The quantitative estimate of drug-likeness (QED) is 0.280. The number of likely N-dealkylation sites (N-methyl/N-ethyl adjacent to an activating group) is 1. The number of aromatic nitrogens is 1. The van der Waals surface area contributed by atoms with E-state index in [1.54, 1.807) is 36.4 Å². The molecule has 1 aromatic heterocycles. The van der Waals surface area contributed by atoms with Gasteiger partial charge in [-0.1, -0.05) is 41.9 Å². The van der Waals surface area contributed by atoms with Crippen LogP contribution in [0.15, 0.2) is 71.7 Å². The van der Waals surface area contributed by atoms with Gasteiger partial charge in [-0.25, -0.2) is 4.99 Å². The number of nitrogens with zero attached hydrogens (tertiary/aromatic N) is 3. The van der Waals surface area contributed by atoms with Crippen molar-refractivity contribution in [3.8, 4) is 5.88 Å². The number of benzene rings is 3. The highest BCUT2D eigenvalue weighted by atomic mass is 35.5. The number of aliphatic carboxylic acids is 1. The van der Waals surface area contributed by atoms with E-state index < -0.39 is 5.97 Å². The molecule has 200 valence electrons. The third-order valence-corrected chi connectivity index (χ3v) is 7.21. The number of rotatable bonds is 7. The molecule has 39 heavy (non-hydrogen) atoms. The standard InChI is InChI=1S/C30H29ClN4O4/c1-34-14-16-35(17-15-34)30(39)21-7-10-23(11-8-21)32-28(20-5-2-19(3-6-20)4-13-26(36)37)27-24-12-9-22(31)18-25(24)33-29(27)38/h2-3,5-12,18,33,38H,4,13-17H2,1H3,(H,36,37). The molecule has 3 N–H and O–H groups in total. The number of hydrogen-bond donors (Lipinski definition) is 3. The molecule has 3 aromatic carbocycles. The highest BCUT2D eigenvalue weighted by molar-refractivity contribution is 6.31. The minimum atomic E-state index is -0.849. The number of carbonyl (C=O) groups is 2. The Bertz CT molecular complexity index is 1540. The fourth-order valence-corrected chi connectivity index (χ4v) is 4.91. The SMILES string of the molecule is CN1CCN(C(=O)c2ccc(N=C(c3ccc(CCC(=O)O)cc3)c3c(O)[nH]c4cc(Cl)ccc34)cc2)CC1. The van der Waals surface area contributed by atoms with Gasteiger partial charge in [0.2, 0.25) is 0 Å². The summed E-state index contributed by atoms with van der Waals surface area (Å²) < 4.78 is 0. The summed E-state index contributed by atoms with van der Waals surface area (Å²) in [6, 6.07) is 20.0. The van der Waals surface area contributed by atoms with Crippen molar-refractivity contribution < 1.29 is 19.8 Å². The molecule has 0 spiro atoms. The molecule has 5 rings (SSSR count). The fourth-order valence-electron chi connectivity index (χ4n) is 4.74. The van der Waals surface area contributed by atoms with E-state index in [0.717, 1.165) is 29.6 Å². The zero-order valence-corrected chi connectivity index (χ0v) is 22.3. The van der Waals surface area contributed by atoms with Crippen molar-refractivity contribution in [3.05, 3.63) is 94.0 Å². The van der Waals surface area contributed by atoms with E-state index in [1.807, 2.05) is 35.2 Å². The molecule has 1 aliphatic rings. The lowest BCUT2D eigenvalue weighted by Gasteiger charge is -2.32. The lowest BCUT2D eigenvalue weighted by atomic mass is 9.98. The van der Waals surface area contributed by atoms with Crippen LogP contribution < -0.4 is 0 Å². The van der Waals surface area contributed by atoms with Crippen LogP contribution in [0.4, 0.5) is 5.69 Å². The van der Waals surface area contributed by atoms with Crippen LogP contribution in [0, 0.1) is 0 Å². The van der Waals surface area contributed by atoms with E-state index in [4.69, 9.17) is 21.7 Å². The van der Waals surface area contributed by atoms with Crippen LogP contribution in [-0.2, 0) is 11.2 Å². The Balaban J connectivity index is 1.51. The number of aliphatic imine (C=N–C) groups is 1. The molecule has 1 fully saturated rings. The zero-order valence-electron chi connectivity index (χ0n) is 21.5. The molecule has 0 aliphatic carbocycles. The molecule has 0 saturated carbocycles. The number of hydrogen-bond acceptors (Lipinski definition) is 5. The first-order valence-electron chi connectivity index (χ1n) is 12.8. The Hall–Kier alpha value is -4.14. The third-order valence-electron chi connectivity index (χ3n) is 6.98. The number of halogens is 1. The Morgan fingerprint density at radius 2 is 1.62 bits per heavy atom. The van der Waals surface area contributed by atoms with Crippen molar-refractivity contribution >= 4 is 45.8 Å². The topological polar surface area (TPSA) is 109 Å². The Morgan fingerprint density at radius 1 is 0.949 bits per heavy atom. The highest BCUT2D eigenvalue weighted by Crippen LogP contribution is 2.33. The van der Waals surface area contributed by atoms with Gasteiger partial charge in [-0.15, -0.1) is 0 Å². The van der Waals surface area contributed by atoms with Crippen molar-refractivity contribution in [2.75, 3.05) is 33.2 Å². The number of carboxylic acids is 1. The van der Waals surface area contributed by atoms with Crippen molar-refractivity contribution in [2.45, 2.75) is 12.8 Å². The predicted molar refractivity (Wildman–Crippen MR) is 153 cm³/mol. The van der Waals surface area contributed by atoms with Gasteiger partial charge in [0, 0.05) is 54.1 Å². The van der Waals surface area contributed by atoms with Gasteiger partial charge in [-0.2, -0.15) is 0 Å². The number of H-pyrrole nitrogens is 1. The Morgan fingerprint density at radius 3 is 2.28 bits per heavy atom. The van der Waals surface area contributed by atoms with E-state index in [9.17, 15) is 14.7 Å². The smallest absolute Gasteiger partial charge is 0.303 e. The molecule has 9 heteroatoms. The number of amides is 1. The number of carboxylic acid groups (broad SMARTS) is 1. The van der Waals surface area contributed by atoms with Crippen LogP contribution in [0.3, 0.4) is 0 Å². The summed E-state index contributed by atoms with van der Waals surface area (Å²) in [5.41, 5.74) is 4.60. The van der Waals surface area contributed by atoms with Crippen LogP contribution >= 0.6 is 11.6 Å². The molecule has 0 unspecified atom stereocenters. The number of nitrogens with one attached hydrogen (secondary N) is 1. The molecule has 1 aliphatic heterocycles. The molecule has 1 amide bonds. The van der Waals surface area contributed by atoms with Crippen LogP contribution in [0.25, 0.3) is 10.9 Å². The van der Waals surface area contributed by atoms with Gasteiger partial charge in [0.15, 0.2) is 5.88 Å². The summed E-state index contributed by atoms with van der Waals surface area (Å²) in [5, 5.41) is 21.2. The van der Waals surface area contributed by atoms with Crippen molar-refractivity contribution in [1.29, 1.82) is 0 Å². The largest absolute Gasteiger partial charge is 0.494 e. The molecule has 0 radical (unpaired) electrons. The van der Waals surface area contributed by atoms with E-state index in [0.29, 0.717) is 52.6 Å². The monoisotopic (exact) mass is 544 g/mol. The summed E-state index contributed by atoms with van der Waals surface area (Å²) >= 11 is 6.17. The number of aryl methyl sites for hydroxylation is 1. The minimum Gasteiger partial charge on any atom is -0.494 e. The predicted octanol–water partition coefficient (Wildman–Crippen LogP) is 5.10. The van der Waals surface area contributed by atoms with Crippen molar-refractivity contribution in [2.24, 2.45) is 4.99 Å². The molecule has 8 nitrogen and oxygen atoms in total. The third kappa shape index (κ3) is 5.97. The number of aromatic hydroxyl groups is 1. The van der Waals surface area contributed by atoms with Gasteiger partial charge in [-0.3, -0.25) is 9.59 Å². The highest BCUT2D eigenvalue weighted by Gasteiger charge is 2.21. The Kier molecular flexibility index (Phi) is 7.67. The molecule has 0 bridgehead atoms. The van der Waals surface area contributed by atoms with Crippen LogP contribution in [0.5, 0.6) is 5.88 Å². The van der Waals surface area contributed by atoms with Gasteiger partial charge in [0.25, 0.3) is 5.91 Å². The number of carbonyl (C=O) groups excluding carboxylic acids is 1. The maximum atomic E-state index is 13.0. The van der Waals surface area contributed by atoms with E-state index in [1.165, 1.54) is 0 Å². The van der Waals surface area contributed by atoms with Crippen LogP contribution in [-0.4, -0.2) is 75.8 Å². The van der Waals surface area contributed by atoms with Gasteiger partial charge >= 0.3 is 5.97 Å². The van der Waals surface area contributed by atoms with Gasteiger partial charge < -0.3 is 25.0 Å². The fraction of sp³-hybridized carbons (Fsp3) is 0.233. The lowest BCUT2D eigenvalue weighted by molar-refractivity contribution is -0.136. The molecule has 1 saturated heterocycles. The number of aromatic amines is 1. The maximum Gasteiger partial charge on any atom is 0.303 e. The second-order valence-corrected chi connectivity index (χ2v) is 10.2. The lowest BCUT2D eigenvalue weighted by Crippen LogP contribution is -2.47. The number of piperazine rings is 1. The van der Waals surface area contributed by atoms with Crippen molar-refractivity contribution in [3.63, 3.8) is 0 Å². The van der Waals surface area contributed by atoms with Crippen LogP contribution in [0.2, 0.25) is 5.02 Å². The summed E-state index contributed by atoms with van der Waals surface area (Å²) in [5.74, 6) is -0.886. The average Bonchev–Trinajstić information content (AvgIpc) is 3.25. The van der Waals surface area contributed by atoms with E-state index in [-0.39, 0.29) is 18.2 Å². The normalized spacial score (nSPS) is 14.6. The number of fused-ring (bicyclic) bond motifs is 1.